The predicted octanol–water partition coefficient (Wildman–Crippen LogP) is 2.36. The summed E-state index contributed by atoms with van der Waals surface area (Å²) < 4.78 is 6.70. The Bertz CT molecular complexity index is 425. The van der Waals surface area contributed by atoms with Crippen LogP contribution in [0.25, 0.3) is 0 Å². The lowest BCUT2D eigenvalue weighted by Crippen LogP contribution is -2.52. The molecule has 0 aromatic carbocycles. The van der Waals surface area contributed by atoms with E-state index in [1.54, 1.807) is 0 Å². The summed E-state index contributed by atoms with van der Waals surface area (Å²) in [5.41, 5.74) is 1.21. The van der Waals surface area contributed by atoms with E-state index >= 15 is 0 Å². The van der Waals surface area contributed by atoms with E-state index in [2.05, 4.69) is 51.9 Å². The van der Waals surface area contributed by atoms with Crippen LogP contribution in [0.4, 0.5) is 5.82 Å². The molecule has 2 rings (SSSR count). The van der Waals surface area contributed by atoms with Crippen LogP contribution in [0.1, 0.15) is 19.4 Å². The first-order chi connectivity index (χ1) is 9.09. The fraction of sp³-hybridized carbons (Fsp3) is 0.643. The Balaban J connectivity index is 2.16. The van der Waals surface area contributed by atoms with Crippen molar-refractivity contribution in [3.63, 3.8) is 0 Å². The van der Waals surface area contributed by atoms with Crippen LogP contribution in [-0.4, -0.2) is 43.4 Å². The van der Waals surface area contributed by atoms with Gasteiger partial charge in [0.1, 0.15) is 5.82 Å². The van der Waals surface area contributed by atoms with E-state index in [1.165, 1.54) is 5.56 Å². The van der Waals surface area contributed by atoms with Gasteiger partial charge in [-0.05, 0) is 34.5 Å². The average Bonchev–Trinajstić information content (AvgIpc) is 2.40. The van der Waals surface area contributed by atoms with Gasteiger partial charge in [0.2, 0.25) is 0 Å². The van der Waals surface area contributed by atoms with E-state index in [0.717, 1.165) is 36.6 Å². The monoisotopic (exact) mass is 327 g/mol. The maximum atomic E-state index is 5.61. The minimum atomic E-state index is 0.335. The van der Waals surface area contributed by atoms with E-state index < -0.39 is 0 Å². The highest BCUT2D eigenvalue weighted by Gasteiger charge is 2.26. The van der Waals surface area contributed by atoms with Gasteiger partial charge >= 0.3 is 0 Å². The zero-order chi connectivity index (χ0) is 13.8. The number of anilines is 1. The summed E-state index contributed by atoms with van der Waals surface area (Å²) in [5.74, 6) is 1.03. The first kappa shape index (κ1) is 14.8. The number of ether oxygens (including phenoxy) is 1. The number of nitrogens with zero attached hydrogens (tertiary/aromatic N) is 2. The molecule has 4 nitrogen and oxygen atoms in total. The maximum absolute atomic E-state index is 5.61. The molecule has 1 fully saturated rings. The molecule has 0 saturated carbocycles. The fourth-order valence-corrected chi connectivity index (χ4v) is 2.66. The molecule has 19 heavy (non-hydrogen) atoms. The van der Waals surface area contributed by atoms with Crippen LogP contribution in [0.15, 0.2) is 16.7 Å². The largest absolute Gasteiger partial charge is 0.377 e. The highest BCUT2D eigenvalue weighted by molar-refractivity contribution is 9.10. The van der Waals surface area contributed by atoms with Gasteiger partial charge in [0.15, 0.2) is 0 Å². The summed E-state index contributed by atoms with van der Waals surface area (Å²) in [6, 6.07) is 2.84. The highest BCUT2D eigenvalue weighted by Crippen LogP contribution is 2.29. The second-order valence-corrected chi connectivity index (χ2v) is 6.04. The van der Waals surface area contributed by atoms with Gasteiger partial charge in [-0.1, -0.05) is 13.8 Å². The van der Waals surface area contributed by atoms with Gasteiger partial charge in [-0.25, -0.2) is 4.98 Å². The van der Waals surface area contributed by atoms with Crippen molar-refractivity contribution in [2.45, 2.75) is 32.9 Å². The van der Waals surface area contributed by atoms with Crippen LogP contribution in [0.5, 0.6) is 0 Å². The molecule has 1 saturated heterocycles. The van der Waals surface area contributed by atoms with Gasteiger partial charge in [-0.15, -0.1) is 0 Å². The maximum Gasteiger partial charge on any atom is 0.143 e. The number of hydrogen-bond donors (Lipinski definition) is 1. The molecular weight excluding hydrogens is 306 g/mol. The smallest absolute Gasteiger partial charge is 0.143 e. The van der Waals surface area contributed by atoms with Crippen molar-refractivity contribution >= 4 is 21.7 Å². The first-order valence-corrected chi connectivity index (χ1v) is 7.57. The fourth-order valence-electron chi connectivity index (χ4n) is 2.20. The SMILES string of the molecule is Cc1ccnc(N2CCOCC2CNC(C)C)c1Br. The number of morpholine rings is 1. The third-order valence-corrected chi connectivity index (χ3v) is 4.31. The molecule has 1 aromatic rings. The molecule has 1 N–H and O–H groups in total. The zero-order valence-corrected chi connectivity index (χ0v) is 13.4. The lowest BCUT2D eigenvalue weighted by atomic mass is 10.2. The Morgan fingerprint density at radius 1 is 1.58 bits per heavy atom. The number of aromatic nitrogens is 1. The molecule has 1 unspecified atom stereocenters. The second kappa shape index (κ2) is 6.68. The molecule has 0 aliphatic carbocycles. The standard InChI is InChI=1S/C14H22BrN3O/c1-10(2)17-8-12-9-19-7-6-18(12)14-13(15)11(3)4-5-16-14/h4-5,10,12,17H,6-9H2,1-3H3. The Morgan fingerprint density at radius 3 is 3.11 bits per heavy atom. The second-order valence-electron chi connectivity index (χ2n) is 5.25. The number of aryl methyl sites for hydroxylation is 1. The molecule has 1 aromatic heterocycles. The number of nitrogens with one attached hydrogen (secondary N) is 1. The Kier molecular flexibility index (Phi) is 5.19. The van der Waals surface area contributed by atoms with E-state index in [4.69, 9.17) is 4.74 Å². The van der Waals surface area contributed by atoms with Gasteiger partial charge in [-0.3, -0.25) is 0 Å². The molecule has 106 valence electrons. The summed E-state index contributed by atoms with van der Waals surface area (Å²) >= 11 is 3.66. The van der Waals surface area contributed by atoms with Gasteiger partial charge in [0, 0.05) is 25.3 Å². The van der Waals surface area contributed by atoms with Gasteiger partial charge < -0.3 is 15.0 Å². The molecule has 1 aliphatic rings. The molecule has 5 heteroatoms. The van der Waals surface area contributed by atoms with Crippen molar-refractivity contribution in [2.75, 3.05) is 31.2 Å². The Labute approximate surface area is 123 Å². The minimum absolute atomic E-state index is 0.335. The summed E-state index contributed by atoms with van der Waals surface area (Å²) in [6.07, 6.45) is 1.87. The predicted molar refractivity (Wildman–Crippen MR) is 81.8 cm³/mol. The van der Waals surface area contributed by atoms with Crippen molar-refractivity contribution in [2.24, 2.45) is 0 Å². The first-order valence-electron chi connectivity index (χ1n) is 6.78. The van der Waals surface area contributed by atoms with Crippen LogP contribution in [-0.2, 0) is 4.74 Å². The molecule has 0 radical (unpaired) electrons. The third kappa shape index (κ3) is 3.68. The number of pyridine rings is 1. The third-order valence-electron chi connectivity index (χ3n) is 3.33. The summed E-state index contributed by atoms with van der Waals surface area (Å²) in [4.78, 5) is 6.88. The quantitative estimate of drug-likeness (QED) is 0.921. The van der Waals surface area contributed by atoms with Crippen molar-refractivity contribution in [3.05, 3.63) is 22.3 Å². The van der Waals surface area contributed by atoms with E-state index in [-0.39, 0.29) is 0 Å². The molecule has 0 amide bonds. The summed E-state index contributed by atoms with van der Waals surface area (Å²) in [5, 5.41) is 3.48. The van der Waals surface area contributed by atoms with Crippen LogP contribution >= 0.6 is 15.9 Å². The lowest BCUT2D eigenvalue weighted by Gasteiger charge is -2.37. The van der Waals surface area contributed by atoms with E-state index in [1.807, 2.05) is 12.3 Å². The van der Waals surface area contributed by atoms with Crippen LogP contribution in [0.3, 0.4) is 0 Å². The van der Waals surface area contributed by atoms with Gasteiger partial charge in [-0.2, -0.15) is 0 Å². The molecule has 1 atom stereocenters. The van der Waals surface area contributed by atoms with E-state index in [0.29, 0.717) is 12.1 Å². The normalized spacial score (nSPS) is 20.1. The Morgan fingerprint density at radius 2 is 2.37 bits per heavy atom. The van der Waals surface area contributed by atoms with Crippen molar-refractivity contribution in [3.8, 4) is 0 Å². The van der Waals surface area contributed by atoms with Crippen LogP contribution < -0.4 is 10.2 Å². The summed E-state index contributed by atoms with van der Waals surface area (Å²) in [7, 11) is 0. The lowest BCUT2D eigenvalue weighted by molar-refractivity contribution is 0.0927. The zero-order valence-electron chi connectivity index (χ0n) is 11.8. The van der Waals surface area contributed by atoms with Crippen LogP contribution in [0.2, 0.25) is 0 Å². The Hall–Kier alpha value is -0.650. The number of halogens is 1. The van der Waals surface area contributed by atoms with Crippen molar-refractivity contribution < 1.29 is 4.74 Å². The highest BCUT2D eigenvalue weighted by atomic mass is 79.9. The molecule has 0 bridgehead atoms. The molecular formula is C14H22BrN3O. The number of rotatable bonds is 4. The number of hydrogen-bond acceptors (Lipinski definition) is 4. The van der Waals surface area contributed by atoms with Gasteiger partial charge in [0.25, 0.3) is 0 Å². The van der Waals surface area contributed by atoms with E-state index in [9.17, 15) is 0 Å². The van der Waals surface area contributed by atoms with Crippen LogP contribution in [0, 0.1) is 6.92 Å². The molecule has 1 aliphatic heterocycles. The van der Waals surface area contributed by atoms with Crippen molar-refractivity contribution in [1.82, 2.24) is 10.3 Å². The van der Waals surface area contributed by atoms with Crippen molar-refractivity contribution in [1.29, 1.82) is 0 Å². The minimum Gasteiger partial charge on any atom is -0.377 e. The van der Waals surface area contributed by atoms with Gasteiger partial charge in [0.05, 0.1) is 23.7 Å². The molecule has 2 heterocycles. The average molecular weight is 328 g/mol. The summed E-state index contributed by atoms with van der Waals surface area (Å²) in [6.45, 7) is 9.74. The molecule has 0 spiro atoms. The topological polar surface area (TPSA) is 37.4 Å².